The van der Waals surface area contributed by atoms with Crippen LogP contribution < -0.4 is 15.0 Å². The van der Waals surface area contributed by atoms with Gasteiger partial charge in [-0.3, -0.25) is 18.8 Å². The lowest BCUT2D eigenvalue weighted by Gasteiger charge is -2.30. The van der Waals surface area contributed by atoms with E-state index in [4.69, 9.17) is 20.9 Å². The van der Waals surface area contributed by atoms with E-state index >= 15 is 4.39 Å². The van der Waals surface area contributed by atoms with E-state index in [1.807, 2.05) is 55.1 Å². The maximum Gasteiger partial charge on any atom is 0.266 e. The quantitative estimate of drug-likeness (QED) is 0.138. The fraction of sp³-hybridized carbons (Fsp3) is 0.303. The Bertz CT molecular complexity index is 1890. The van der Waals surface area contributed by atoms with Crippen LogP contribution in [0.5, 0.6) is 5.75 Å². The standard InChI is InChI=1S/C33H34ClFN4O6S2/c1-21-6-3-9-30(22(21)2)45-13-5-10-31(40)39-12-14-46-32-25(7-4-8-29(32)39)24-18-37-38(19-24)20-26-27(34)16-23(17-28(26)35)33(41)36-11-15-47(42,43)44/h3-4,6-9,16-19H,5,10-15,20H2,1-2H3,(H,36,41)(H,42,43,44). The van der Waals surface area contributed by atoms with Crippen molar-refractivity contribution >= 4 is 51.0 Å². The molecule has 4 aromatic rings. The van der Waals surface area contributed by atoms with Crippen LogP contribution in [0.15, 0.2) is 65.8 Å². The Labute approximate surface area is 282 Å². The van der Waals surface area contributed by atoms with Gasteiger partial charge in [0.1, 0.15) is 11.6 Å². The number of nitrogens with one attached hydrogen (secondary N) is 1. The number of thioether (sulfide) groups is 1. The van der Waals surface area contributed by atoms with Gasteiger partial charge in [-0.1, -0.05) is 35.9 Å². The Balaban J connectivity index is 1.24. The largest absolute Gasteiger partial charge is 0.493 e. The molecule has 47 heavy (non-hydrogen) atoms. The van der Waals surface area contributed by atoms with Crippen LogP contribution in [-0.2, 0) is 21.5 Å². The third-order valence-corrected chi connectivity index (χ3v) is 9.97. The first-order valence-electron chi connectivity index (χ1n) is 14.9. The van der Waals surface area contributed by atoms with Crippen molar-refractivity contribution in [2.24, 2.45) is 0 Å². The van der Waals surface area contributed by atoms with Crippen molar-refractivity contribution < 1.29 is 31.7 Å². The summed E-state index contributed by atoms with van der Waals surface area (Å²) in [7, 11) is -4.25. The number of aryl methyl sites for hydroxylation is 1. The number of fused-ring (bicyclic) bond motifs is 1. The van der Waals surface area contributed by atoms with E-state index < -0.39 is 27.6 Å². The molecule has 0 unspecified atom stereocenters. The first-order valence-corrected chi connectivity index (χ1v) is 17.9. The van der Waals surface area contributed by atoms with Gasteiger partial charge in [0, 0.05) is 63.6 Å². The van der Waals surface area contributed by atoms with E-state index in [2.05, 4.69) is 10.4 Å². The zero-order valence-electron chi connectivity index (χ0n) is 25.8. The molecule has 248 valence electrons. The highest BCUT2D eigenvalue weighted by atomic mass is 35.5. The summed E-state index contributed by atoms with van der Waals surface area (Å²) in [5.41, 5.74) is 4.82. The van der Waals surface area contributed by atoms with Crippen molar-refractivity contribution in [3.63, 3.8) is 0 Å². The molecule has 1 aliphatic rings. The van der Waals surface area contributed by atoms with Gasteiger partial charge in [0.05, 0.1) is 30.8 Å². The van der Waals surface area contributed by atoms with Gasteiger partial charge in [-0.05, 0) is 55.7 Å². The Morgan fingerprint density at radius 3 is 2.72 bits per heavy atom. The summed E-state index contributed by atoms with van der Waals surface area (Å²) < 4.78 is 53.1. The summed E-state index contributed by atoms with van der Waals surface area (Å²) in [6.45, 7) is 4.76. The maximum absolute atomic E-state index is 15.1. The molecule has 0 radical (unpaired) electrons. The predicted octanol–water partition coefficient (Wildman–Crippen LogP) is 5.92. The van der Waals surface area contributed by atoms with Crippen molar-refractivity contribution in [1.82, 2.24) is 15.1 Å². The number of benzene rings is 3. The Morgan fingerprint density at radius 1 is 1.17 bits per heavy atom. The number of hydrogen-bond donors (Lipinski definition) is 2. The molecule has 3 aromatic carbocycles. The SMILES string of the molecule is Cc1cccc(OCCCC(=O)N2CCSc3c(-c4cnn(Cc5c(F)cc(C(=O)NCCS(=O)(=O)O)cc5Cl)c4)cccc32)c1C. The number of halogens is 2. The van der Waals surface area contributed by atoms with Crippen LogP contribution in [0.1, 0.15) is 39.9 Å². The van der Waals surface area contributed by atoms with Crippen LogP contribution >= 0.6 is 23.4 Å². The van der Waals surface area contributed by atoms with E-state index in [0.29, 0.717) is 26.0 Å². The lowest BCUT2D eigenvalue weighted by Crippen LogP contribution is -2.35. The average Bonchev–Trinajstić information content (AvgIpc) is 3.50. The number of rotatable bonds is 12. The number of nitrogens with zero attached hydrogens (tertiary/aromatic N) is 3. The second-order valence-electron chi connectivity index (χ2n) is 11.1. The van der Waals surface area contributed by atoms with E-state index in [9.17, 15) is 18.0 Å². The Kier molecular flexibility index (Phi) is 10.9. The van der Waals surface area contributed by atoms with E-state index in [-0.39, 0.29) is 35.1 Å². The molecule has 0 saturated heterocycles. The molecule has 0 aliphatic carbocycles. The van der Waals surface area contributed by atoms with Gasteiger partial charge in [0.2, 0.25) is 5.91 Å². The van der Waals surface area contributed by atoms with Gasteiger partial charge in [-0.15, -0.1) is 11.8 Å². The number of amides is 2. The first kappa shape index (κ1) is 34.4. The van der Waals surface area contributed by atoms with Crippen LogP contribution in [0.2, 0.25) is 5.02 Å². The van der Waals surface area contributed by atoms with Gasteiger partial charge < -0.3 is 15.0 Å². The maximum atomic E-state index is 15.1. The highest BCUT2D eigenvalue weighted by Crippen LogP contribution is 2.42. The molecule has 2 heterocycles. The molecular formula is C33H34ClFN4O6S2. The first-order chi connectivity index (χ1) is 22.4. The molecule has 0 saturated carbocycles. The van der Waals surface area contributed by atoms with Crippen LogP contribution in [0.25, 0.3) is 11.1 Å². The highest BCUT2D eigenvalue weighted by molar-refractivity contribution is 7.99. The van der Waals surface area contributed by atoms with Gasteiger partial charge in [-0.25, -0.2) is 4.39 Å². The zero-order valence-corrected chi connectivity index (χ0v) is 28.2. The molecule has 5 rings (SSSR count). The smallest absolute Gasteiger partial charge is 0.266 e. The molecule has 0 atom stereocenters. The number of carbonyl (C=O) groups is 2. The van der Waals surface area contributed by atoms with E-state index in [0.717, 1.165) is 50.4 Å². The monoisotopic (exact) mass is 700 g/mol. The number of ether oxygens (including phenoxy) is 1. The zero-order chi connectivity index (χ0) is 33.7. The third-order valence-electron chi connectivity index (χ3n) is 7.81. The summed E-state index contributed by atoms with van der Waals surface area (Å²) in [5, 5.41) is 6.72. The fourth-order valence-corrected chi connectivity index (χ4v) is 6.96. The molecule has 0 fully saturated rings. The second kappa shape index (κ2) is 14.9. The lowest BCUT2D eigenvalue weighted by molar-refractivity contribution is -0.118. The number of hydrogen-bond acceptors (Lipinski definition) is 7. The van der Waals surface area contributed by atoms with Crippen molar-refractivity contribution in [3.8, 4) is 16.9 Å². The average molecular weight is 701 g/mol. The van der Waals surface area contributed by atoms with Gasteiger partial charge in [0.25, 0.3) is 16.0 Å². The van der Waals surface area contributed by atoms with Crippen molar-refractivity contribution in [1.29, 1.82) is 0 Å². The normalized spacial score (nSPS) is 12.9. The van der Waals surface area contributed by atoms with Crippen molar-refractivity contribution in [2.75, 3.05) is 36.1 Å². The minimum absolute atomic E-state index is 0.00296. The second-order valence-corrected chi connectivity index (χ2v) is 14.2. The summed E-state index contributed by atoms with van der Waals surface area (Å²) in [6.07, 6.45) is 4.39. The third kappa shape index (κ3) is 8.52. The Hall–Kier alpha value is -3.91. The molecular weight excluding hydrogens is 667 g/mol. The number of anilines is 1. The summed E-state index contributed by atoms with van der Waals surface area (Å²) in [5.74, 6) is -0.522. The fourth-order valence-electron chi connectivity index (χ4n) is 5.19. The van der Waals surface area contributed by atoms with Crippen LogP contribution in [-0.4, -0.2) is 65.8 Å². The minimum Gasteiger partial charge on any atom is -0.493 e. The van der Waals surface area contributed by atoms with Crippen molar-refractivity contribution in [2.45, 2.75) is 38.1 Å². The number of aromatic nitrogens is 2. The van der Waals surface area contributed by atoms with Crippen LogP contribution in [0.3, 0.4) is 0 Å². The topological polar surface area (TPSA) is 131 Å². The highest BCUT2D eigenvalue weighted by Gasteiger charge is 2.25. The molecule has 10 nitrogen and oxygen atoms in total. The van der Waals surface area contributed by atoms with Gasteiger partial charge >= 0.3 is 0 Å². The van der Waals surface area contributed by atoms with Crippen LogP contribution in [0.4, 0.5) is 10.1 Å². The molecule has 1 aromatic heterocycles. The summed E-state index contributed by atoms with van der Waals surface area (Å²) in [6, 6.07) is 14.0. The summed E-state index contributed by atoms with van der Waals surface area (Å²) >= 11 is 8.01. The summed E-state index contributed by atoms with van der Waals surface area (Å²) in [4.78, 5) is 28.4. The Morgan fingerprint density at radius 2 is 1.96 bits per heavy atom. The molecule has 0 spiro atoms. The minimum atomic E-state index is -4.25. The van der Waals surface area contributed by atoms with Crippen molar-refractivity contribution in [3.05, 3.63) is 94.0 Å². The predicted molar refractivity (Wildman–Crippen MR) is 181 cm³/mol. The molecule has 2 amide bonds. The lowest BCUT2D eigenvalue weighted by atomic mass is 10.1. The van der Waals surface area contributed by atoms with Gasteiger partial charge in [-0.2, -0.15) is 13.5 Å². The van der Waals surface area contributed by atoms with E-state index in [1.165, 1.54) is 10.7 Å². The number of carbonyl (C=O) groups excluding carboxylic acids is 2. The van der Waals surface area contributed by atoms with E-state index in [1.54, 1.807) is 24.2 Å². The van der Waals surface area contributed by atoms with Gasteiger partial charge in [0.15, 0.2) is 0 Å². The van der Waals surface area contributed by atoms with Crippen LogP contribution in [0, 0.1) is 19.7 Å². The molecule has 1 aliphatic heterocycles. The molecule has 2 N–H and O–H groups in total. The molecule has 0 bridgehead atoms. The molecule has 14 heteroatoms.